The second kappa shape index (κ2) is 4.91. The molecule has 3 heterocycles. The average molecular weight is 298 g/mol. The topological polar surface area (TPSA) is 76.0 Å². The Bertz CT molecular complexity index is 793. The molecule has 1 aromatic heterocycles. The molecule has 1 saturated heterocycles. The number of hydrogen-bond donors (Lipinski definition) is 2. The van der Waals surface area contributed by atoms with Crippen molar-refractivity contribution < 1.29 is 9.59 Å². The highest BCUT2D eigenvalue weighted by atomic mass is 16.2. The molecular formula is C16H18N4O2. The van der Waals surface area contributed by atoms with E-state index in [1.54, 1.807) is 0 Å². The monoisotopic (exact) mass is 298 g/mol. The summed E-state index contributed by atoms with van der Waals surface area (Å²) < 4.78 is 1.84. The first-order chi connectivity index (χ1) is 10.6. The van der Waals surface area contributed by atoms with Gasteiger partial charge >= 0.3 is 0 Å². The molecule has 1 fully saturated rings. The van der Waals surface area contributed by atoms with Crippen LogP contribution in [0.15, 0.2) is 12.1 Å². The number of fused-ring (bicyclic) bond motifs is 2. The molecule has 0 spiro atoms. The molecule has 2 aromatic rings. The lowest BCUT2D eigenvalue weighted by Crippen LogP contribution is -2.39. The van der Waals surface area contributed by atoms with Gasteiger partial charge in [0.05, 0.1) is 17.1 Å². The fourth-order valence-corrected chi connectivity index (χ4v) is 3.47. The number of aromatic nitrogens is 2. The molecule has 22 heavy (non-hydrogen) atoms. The molecule has 1 unspecified atom stereocenters. The van der Waals surface area contributed by atoms with Gasteiger partial charge in [-0.1, -0.05) is 0 Å². The molecule has 2 aliphatic rings. The quantitative estimate of drug-likeness (QED) is 0.761. The van der Waals surface area contributed by atoms with E-state index in [0.29, 0.717) is 12.8 Å². The van der Waals surface area contributed by atoms with Gasteiger partial charge in [0.25, 0.3) is 0 Å². The van der Waals surface area contributed by atoms with E-state index in [4.69, 9.17) is 0 Å². The number of benzene rings is 1. The number of carbonyl (C=O) groups is 2. The van der Waals surface area contributed by atoms with Gasteiger partial charge in [-0.05, 0) is 42.6 Å². The normalized spacial score (nSPS) is 21.8. The van der Waals surface area contributed by atoms with E-state index in [-0.39, 0.29) is 17.7 Å². The molecule has 4 rings (SSSR count). The molecule has 0 saturated carbocycles. The van der Waals surface area contributed by atoms with E-state index in [1.807, 2.05) is 11.7 Å². The Morgan fingerprint density at radius 2 is 2.09 bits per heavy atom. The molecule has 0 bridgehead atoms. The maximum absolute atomic E-state index is 12.2. The van der Waals surface area contributed by atoms with Crippen LogP contribution in [0.4, 0.5) is 0 Å². The van der Waals surface area contributed by atoms with Gasteiger partial charge in [-0.25, -0.2) is 0 Å². The Labute approximate surface area is 127 Å². The molecule has 0 aliphatic carbocycles. The van der Waals surface area contributed by atoms with Crippen LogP contribution in [-0.2, 0) is 29.6 Å². The van der Waals surface area contributed by atoms with Crippen molar-refractivity contribution in [3.63, 3.8) is 0 Å². The highest BCUT2D eigenvalue weighted by molar-refractivity contribution is 6.02. The lowest BCUT2D eigenvalue weighted by molar-refractivity contribution is -0.134. The van der Waals surface area contributed by atoms with E-state index in [9.17, 15) is 9.59 Å². The number of carbonyl (C=O) groups excluding carboxylic acids is 2. The standard InChI is InChI=1S/C16H18N4O2/c1-20-13-7-10-8-17-5-4-9(10)6-12(13)15(19-20)11-2-3-14(21)18-16(11)22/h6-7,11,17H,2-5,8H2,1H3,(H,18,21,22). The van der Waals surface area contributed by atoms with Crippen molar-refractivity contribution in [2.24, 2.45) is 7.05 Å². The lowest BCUT2D eigenvalue weighted by atomic mass is 9.91. The number of nitrogens with one attached hydrogen (secondary N) is 2. The van der Waals surface area contributed by atoms with E-state index in [1.165, 1.54) is 11.1 Å². The van der Waals surface area contributed by atoms with E-state index >= 15 is 0 Å². The Morgan fingerprint density at radius 1 is 1.23 bits per heavy atom. The van der Waals surface area contributed by atoms with Gasteiger partial charge in [0.1, 0.15) is 0 Å². The Balaban J connectivity index is 1.84. The number of nitrogens with zero attached hydrogens (tertiary/aromatic N) is 2. The zero-order valence-electron chi connectivity index (χ0n) is 12.5. The maximum atomic E-state index is 12.2. The zero-order chi connectivity index (χ0) is 15.3. The first-order valence-corrected chi connectivity index (χ1v) is 7.66. The van der Waals surface area contributed by atoms with Crippen LogP contribution in [0.3, 0.4) is 0 Å². The largest absolute Gasteiger partial charge is 0.312 e. The molecule has 0 radical (unpaired) electrons. The van der Waals surface area contributed by atoms with Crippen molar-refractivity contribution in [2.45, 2.75) is 31.7 Å². The number of amides is 2. The Morgan fingerprint density at radius 3 is 2.91 bits per heavy atom. The lowest BCUT2D eigenvalue weighted by Gasteiger charge is -2.20. The highest BCUT2D eigenvalue weighted by Crippen LogP contribution is 2.32. The summed E-state index contributed by atoms with van der Waals surface area (Å²) in [7, 11) is 1.90. The van der Waals surface area contributed by atoms with Gasteiger partial charge in [-0.2, -0.15) is 5.10 Å². The van der Waals surface area contributed by atoms with Crippen molar-refractivity contribution in [1.29, 1.82) is 0 Å². The average Bonchev–Trinajstić information content (AvgIpc) is 2.82. The minimum absolute atomic E-state index is 0.190. The molecule has 2 N–H and O–H groups in total. The zero-order valence-corrected chi connectivity index (χ0v) is 12.5. The van der Waals surface area contributed by atoms with Crippen LogP contribution in [0.25, 0.3) is 10.9 Å². The highest BCUT2D eigenvalue weighted by Gasteiger charge is 2.31. The predicted octanol–water partition coefficient (Wildman–Crippen LogP) is 0.739. The van der Waals surface area contributed by atoms with Gasteiger partial charge in [0, 0.05) is 25.4 Å². The molecule has 6 nitrogen and oxygen atoms in total. The fraction of sp³-hybridized carbons (Fsp3) is 0.438. The number of rotatable bonds is 1. The summed E-state index contributed by atoms with van der Waals surface area (Å²) in [4.78, 5) is 23.5. The maximum Gasteiger partial charge on any atom is 0.235 e. The van der Waals surface area contributed by atoms with Crippen LogP contribution >= 0.6 is 0 Å². The van der Waals surface area contributed by atoms with Crippen LogP contribution in [0.5, 0.6) is 0 Å². The molecule has 6 heteroatoms. The van der Waals surface area contributed by atoms with Crippen LogP contribution < -0.4 is 10.6 Å². The van der Waals surface area contributed by atoms with Gasteiger partial charge in [0.15, 0.2) is 0 Å². The molecule has 1 aromatic carbocycles. The van der Waals surface area contributed by atoms with Crippen LogP contribution in [-0.4, -0.2) is 28.1 Å². The van der Waals surface area contributed by atoms with Gasteiger partial charge in [0.2, 0.25) is 11.8 Å². The smallest absolute Gasteiger partial charge is 0.235 e. The molecule has 2 aliphatic heterocycles. The summed E-state index contributed by atoms with van der Waals surface area (Å²) in [5.74, 6) is -0.748. The summed E-state index contributed by atoms with van der Waals surface area (Å²) in [6.45, 7) is 1.86. The van der Waals surface area contributed by atoms with Gasteiger partial charge in [-0.15, -0.1) is 0 Å². The fourth-order valence-electron chi connectivity index (χ4n) is 3.47. The van der Waals surface area contributed by atoms with Crippen molar-refractivity contribution in [1.82, 2.24) is 20.4 Å². The summed E-state index contributed by atoms with van der Waals surface area (Å²) >= 11 is 0. The Kier molecular flexibility index (Phi) is 3.00. The number of piperidine rings is 1. The SMILES string of the molecule is Cn1nc(C2CCC(=O)NC2=O)c2cc3c(cc21)CNCC3. The third kappa shape index (κ3) is 2.02. The second-order valence-electron chi connectivity index (χ2n) is 6.08. The number of imide groups is 1. The minimum atomic E-state index is -0.332. The number of hydrogen-bond acceptors (Lipinski definition) is 4. The first kappa shape index (κ1) is 13.5. The van der Waals surface area contributed by atoms with Crippen LogP contribution in [0.1, 0.15) is 35.6 Å². The van der Waals surface area contributed by atoms with Crippen LogP contribution in [0, 0.1) is 0 Å². The molecule has 1 atom stereocenters. The van der Waals surface area contributed by atoms with E-state index < -0.39 is 0 Å². The van der Waals surface area contributed by atoms with Crippen molar-refractivity contribution >= 4 is 22.7 Å². The third-order valence-corrected chi connectivity index (χ3v) is 4.66. The summed E-state index contributed by atoms with van der Waals surface area (Å²) in [6, 6.07) is 4.34. The molecule has 114 valence electrons. The molecule has 2 amide bonds. The van der Waals surface area contributed by atoms with Gasteiger partial charge in [-0.3, -0.25) is 19.6 Å². The van der Waals surface area contributed by atoms with Crippen LogP contribution in [0.2, 0.25) is 0 Å². The van der Waals surface area contributed by atoms with Crippen molar-refractivity contribution in [3.8, 4) is 0 Å². The second-order valence-corrected chi connectivity index (χ2v) is 6.08. The number of aryl methyl sites for hydroxylation is 1. The Hall–Kier alpha value is -2.21. The minimum Gasteiger partial charge on any atom is -0.312 e. The van der Waals surface area contributed by atoms with Crippen molar-refractivity contribution in [2.75, 3.05) is 6.54 Å². The van der Waals surface area contributed by atoms with Gasteiger partial charge < -0.3 is 5.32 Å². The molecular weight excluding hydrogens is 280 g/mol. The predicted molar refractivity (Wildman–Crippen MR) is 81.2 cm³/mol. The van der Waals surface area contributed by atoms with E-state index in [0.717, 1.165) is 36.1 Å². The van der Waals surface area contributed by atoms with Crippen molar-refractivity contribution in [3.05, 3.63) is 29.0 Å². The first-order valence-electron chi connectivity index (χ1n) is 7.66. The summed E-state index contributed by atoms with van der Waals surface area (Å²) in [6.07, 6.45) is 1.91. The van der Waals surface area contributed by atoms with E-state index in [2.05, 4.69) is 27.9 Å². The summed E-state index contributed by atoms with van der Waals surface area (Å²) in [5.41, 5.74) is 4.47. The third-order valence-electron chi connectivity index (χ3n) is 4.66. The summed E-state index contributed by atoms with van der Waals surface area (Å²) in [5, 5.41) is 11.4.